The number of benzene rings is 1. The quantitative estimate of drug-likeness (QED) is 0.652. The average molecular weight is 422 g/mol. The summed E-state index contributed by atoms with van der Waals surface area (Å²) in [6, 6.07) is -0.887. The van der Waals surface area contributed by atoms with Crippen molar-refractivity contribution in [2.24, 2.45) is 17.1 Å². The molecule has 3 aliphatic rings. The number of fused-ring (bicyclic) bond motifs is 1. The van der Waals surface area contributed by atoms with Crippen molar-refractivity contribution >= 4 is 28.2 Å². The van der Waals surface area contributed by atoms with Crippen LogP contribution in [0.15, 0.2) is 11.0 Å². The van der Waals surface area contributed by atoms with E-state index in [0.717, 1.165) is 10.8 Å². The summed E-state index contributed by atoms with van der Waals surface area (Å²) in [6.07, 6.45) is 0.326. The molecule has 1 aliphatic heterocycles. The predicted octanol–water partition coefficient (Wildman–Crippen LogP) is 2.02. The number of halogens is 3. The Kier molecular flexibility index (Phi) is 3.78. The number of alkyl halides is 1. The average Bonchev–Trinajstić information content (AvgIpc) is 3.44. The molecule has 0 bridgehead atoms. The fraction of sp³-hybridized carbons (Fsp3) is 0.500. The van der Waals surface area contributed by atoms with E-state index in [0.29, 0.717) is 19.5 Å². The number of aromatic carboxylic acids is 1. The number of hydrogen-bond acceptors (Lipinski definition) is 5. The van der Waals surface area contributed by atoms with Gasteiger partial charge < -0.3 is 26.0 Å². The highest BCUT2D eigenvalue weighted by molar-refractivity contribution is 5.99. The Morgan fingerprint density at radius 2 is 1.97 bits per heavy atom. The molecular weight excluding hydrogens is 401 g/mol. The van der Waals surface area contributed by atoms with Crippen molar-refractivity contribution in [2.45, 2.75) is 38.0 Å². The number of nitrogen functional groups attached to an aromatic ring is 1. The molecule has 1 saturated heterocycles. The first-order chi connectivity index (χ1) is 14.1. The lowest BCUT2D eigenvalue weighted by Crippen LogP contribution is -2.27. The minimum atomic E-state index is -1.57. The van der Waals surface area contributed by atoms with Crippen LogP contribution in [0.5, 0.6) is 0 Å². The van der Waals surface area contributed by atoms with Gasteiger partial charge in [0, 0.05) is 37.2 Å². The molecule has 2 aliphatic carbocycles. The lowest BCUT2D eigenvalue weighted by molar-refractivity contribution is 0.0694. The minimum absolute atomic E-state index is 0.0439. The zero-order valence-electron chi connectivity index (χ0n) is 16.2. The first kappa shape index (κ1) is 19.2. The van der Waals surface area contributed by atoms with E-state index in [1.54, 1.807) is 0 Å². The molecule has 2 heterocycles. The Labute approximate surface area is 169 Å². The van der Waals surface area contributed by atoms with E-state index in [4.69, 9.17) is 11.5 Å². The Bertz CT molecular complexity index is 1170. The van der Waals surface area contributed by atoms with Crippen LogP contribution in [0.4, 0.5) is 24.5 Å². The monoisotopic (exact) mass is 422 g/mol. The van der Waals surface area contributed by atoms with Crippen molar-refractivity contribution in [3.05, 3.63) is 33.6 Å². The standard InChI is InChI=1S/C20H21F3N4O3/c1-7-18(25)20(7)2-3-26(6-20)16-12(22)14(24)11-15(13(16)23)27(10-4-9(10)21)5-8(17(11)28)19(29)30/h5,7,9-10,18H,2-4,6,24-25H2,1H3,(H,29,30). The van der Waals surface area contributed by atoms with Gasteiger partial charge in [0.05, 0.1) is 22.6 Å². The van der Waals surface area contributed by atoms with Crippen LogP contribution in [0.25, 0.3) is 10.9 Å². The van der Waals surface area contributed by atoms with Gasteiger partial charge in [0.2, 0.25) is 5.43 Å². The van der Waals surface area contributed by atoms with Gasteiger partial charge >= 0.3 is 5.97 Å². The van der Waals surface area contributed by atoms with Crippen LogP contribution in [0.3, 0.4) is 0 Å². The predicted molar refractivity (Wildman–Crippen MR) is 104 cm³/mol. The van der Waals surface area contributed by atoms with E-state index < -0.39 is 51.9 Å². The van der Waals surface area contributed by atoms with Crippen LogP contribution in [0.2, 0.25) is 0 Å². The lowest BCUT2D eigenvalue weighted by atomic mass is 10.0. The number of anilines is 2. The van der Waals surface area contributed by atoms with Crippen molar-refractivity contribution in [1.29, 1.82) is 0 Å². The second-order valence-corrected chi connectivity index (χ2v) is 8.74. The van der Waals surface area contributed by atoms with E-state index >= 15 is 8.78 Å². The number of carboxylic acid groups (broad SMARTS) is 1. The number of carboxylic acids is 1. The molecule has 5 unspecified atom stereocenters. The first-order valence-corrected chi connectivity index (χ1v) is 9.83. The summed E-state index contributed by atoms with van der Waals surface area (Å²) in [5.41, 5.74) is 8.62. The molecule has 5 rings (SSSR count). The molecular formula is C20H21F3N4O3. The summed E-state index contributed by atoms with van der Waals surface area (Å²) < 4.78 is 45.9. The molecule has 0 radical (unpaired) electrons. The molecule has 10 heteroatoms. The third kappa shape index (κ3) is 2.31. The summed E-state index contributed by atoms with van der Waals surface area (Å²) in [5, 5.41) is 8.76. The second-order valence-electron chi connectivity index (χ2n) is 8.74. The number of aromatic nitrogens is 1. The molecule has 1 aromatic heterocycles. The molecule has 5 atom stereocenters. The summed E-state index contributed by atoms with van der Waals surface area (Å²) in [4.78, 5) is 25.7. The van der Waals surface area contributed by atoms with Gasteiger partial charge in [-0.25, -0.2) is 18.0 Å². The van der Waals surface area contributed by atoms with Crippen LogP contribution in [0.1, 0.15) is 36.2 Å². The maximum Gasteiger partial charge on any atom is 0.341 e. The Morgan fingerprint density at radius 1 is 1.33 bits per heavy atom. The third-order valence-electron chi connectivity index (χ3n) is 7.28. The molecule has 1 aromatic carbocycles. The number of hydrogen-bond donors (Lipinski definition) is 3. The van der Waals surface area contributed by atoms with Crippen molar-refractivity contribution in [2.75, 3.05) is 23.7 Å². The van der Waals surface area contributed by atoms with Gasteiger partial charge in [-0.15, -0.1) is 0 Å². The topological polar surface area (TPSA) is 115 Å². The highest BCUT2D eigenvalue weighted by atomic mass is 19.1. The Hall–Kier alpha value is -2.75. The fourth-order valence-corrected chi connectivity index (χ4v) is 5.11. The van der Waals surface area contributed by atoms with Gasteiger partial charge in [-0.1, -0.05) is 6.92 Å². The van der Waals surface area contributed by atoms with E-state index in [1.165, 1.54) is 4.90 Å². The number of carbonyl (C=O) groups is 1. The number of nitrogens with zero attached hydrogens (tertiary/aromatic N) is 2. The Balaban J connectivity index is 1.76. The third-order valence-corrected chi connectivity index (χ3v) is 7.28. The van der Waals surface area contributed by atoms with Gasteiger partial charge in [-0.05, 0) is 12.3 Å². The molecule has 7 nitrogen and oxygen atoms in total. The molecule has 3 fully saturated rings. The Morgan fingerprint density at radius 3 is 2.47 bits per heavy atom. The first-order valence-electron chi connectivity index (χ1n) is 9.83. The molecule has 5 N–H and O–H groups in total. The summed E-state index contributed by atoms with van der Waals surface area (Å²) in [5.74, 6) is -3.50. The van der Waals surface area contributed by atoms with Crippen molar-refractivity contribution < 1.29 is 23.1 Å². The van der Waals surface area contributed by atoms with Crippen LogP contribution in [0, 0.1) is 23.0 Å². The maximum absolute atomic E-state index is 15.7. The van der Waals surface area contributed by atoms with Gasteiger partial charge in [-0.2, -0.15) is 0 Å². The van der Waals surface area contributed by atoms with Gasteiger partial charge in [-0.3, -0.25) is 4.79 Å². The highest BCUT2D eigenvalue weighted by Crippen LogP contribution is 2.58. The lowest BCUT2D eigenvalue weighted by Gasteiger charge is -2.24. The van der Waals surface area contributed by atoms with E-state index in [9.17, 15) is 19.1 Å². The molecule has 2 aromatic rings. The molecule has 30 heavy (non-hydrogen) atoms. The van der Waals surface area contributed by atoms with Gasteiger partial charge in [0.1, 0.15) is 17.4 Å². The van der Waals surface area contributed by atoms with Crippen molar-refractivity contribution in [3.63, 3.8) is 0 Å². The number of pyridine rings is 1. The van der Waals surface area contributed by atoms with E-state index in [1.807, 2.05) is 6.92 Å². The van der Waals surface area contributed by atoms with Crippen molar-refractivity contribution in [1.82, 2.24) is 4.57 Å². The van der Waals surface area contributed by atoms with Crippen LogP contribution in [-0.2, 0) is 0 Å². The molecule has 1 spiro atoms. The normalized spacial score (nSPS) is 32.2. The molecule has 2 saturated carbocycles. The van der Waals surface area contributed by atoms with Gasteiger partial charge in [0.15, 0.2) is 11.6 Å². The number of nitrogens with two attached hydrogens (primary N) is 2. The molecule has 160 valence electrons. The SMILES string of the molecule is CC1C(N)C12CCN(c1c(F)c(N)c3c(=O)c(C(=O)O)cn(C4CC4F)c3c1F)C2. The number of rotatable bonds is 3. The second kappa shape index (κ2) is 5.90. The summed E-state index contributed by atoms with van der Waals surface area (Å²) in [6.45, 7) is 2.71. The highest BCUT2D eigenvalue weighted by Gasteiger charge is 2.62. The summed E-state index contributed by atoms with van der Waals surface area (Å²) >= 11 is 0. The van der Waals surface area contributed by atoms with E-state index in [-0.39, 0.29) is 35.0 Å². The largest absolute Gasteiger partial charge is 0.477 e. The van der Waals surface area contributed by atoms with Crippen LogP contribution >= 0.6 is 0 Å². The summed E-state index contributed by atoms with van der Waals surface area (Å²) in [7, 11) is 0. The van der Waals surface area contributed by atoms with E-state index in [2.05, 4.69) is 0 Å². The smallest absolute Gasteiger partial charge is 0.341 e. The van der Waals surface area contributed by atoms with Crippen LogP contribution < -0.4 is 21.8 Å². The maximum atomic E-state index is 15.7. The zero-order chi connectivity index (χ0) is 21.7. The van der Waals surface area contributed by atoms with Crippen LogP contribution in [-0.4, -0.2) is 40.9 Å². The minimum Gasteiger partial charge on any atom is -0.477 e. The molecule has 0 amide bonds. The van der Waals surface area contributed by atoms with Crippen molar-refractivity contribution in [3.8, 4) is 0 Å². The van der Waals surface area contributed by atoms with Gasteiger partial charge in [0.25, 0.3) is 0 Å². The zero-order valence-corrected chi connectivity index (χ0v) is 16.2. The fourth-order valence-electron chi connectivity index (χ4n) is 5.11.